The smallest absolute Gasteiger partial charge is 0.238 e. The molecule has 28 heavy (non-hydrogen) atoms. The molecule has 0 saturated heterocycles. The minimum Gasteiger partial charge on any atom is -0.382 e. The number of benzene rings is 2. The lowest BCUT2D eigenvalue weighted by Gasteiger charge is -1.97. The Balaban J connectivity index is 1.67. The van der Waals surface area contributed by atoms with E-state index < -0.39 is 10.0 Å². The van der Waals surface area contributed by atoms with Crippen LogP contribution in [0.3, 0.4) is 0 Å². The Morgan fingerprint density at radius 1 is 1.04 bits per heavy atom. The molecule has 0 radical (unpaired) electrons. The van der Waals surface area contributed by atoms with E-state index in [4.69, 9.17) is 10.9 Å². The number of anilines is 1. The maximum Gasteiger partial charge on any atom is 0.238 e. The van der Waals surface area contributed by atoms with Crippen molar-refractivity contribution in [3.63, 3.8) is 0 Å². The first-order chi connectivity index (χ1) is 13.3. The third-order valence-electron chi connectivity index (χ3n) is 3.98. The molecule has 0 aliphatic heterocycles. The number of hydrogen-bond donors (Lipinski definition) is 3. The van der Waals surface area contributed by atoms with Crippen LogP contribution in [-0.4, -0.2) is 23.0 Å². The van der Waals surface area contributed by atoms with E-state index in [9.17, 15) is 12.8 Å². The van der Waals surface area contributed by atoms with Gasteiger partial charge in [-0.15, -0.1) is 5.11 Å². The van der Waals surface area contributed by atoms with Gasteiger partial charge in [0, 0.05) is 5.56 Å². The number of primary sulfonamides is 1. The second-order valence-corrected chi connectivity index (χ2v) is 7.50. The fourth-order valence-electron chi connectivity index (χ4n) is 2.60. The van der Waals surface area contributed by atoms with E-state index >= 15 is 0 Å². The van der Waals surface area contributed by atoms with Gasteiger partial charge in [-0.1, -0.05) is 0 Å². The highest BCUT2D eigenvalue weighted by molar-refractivity contribution is 7.89. The zero-order valence-electron chi connectivity index (χ0n) is 14.2. The van der Waals surface area contributed by atoms with Gasteiger partial charge in [0.25, 0.3) is 0 Å². The number of nitrogen functional groups attached to an aromatic ring is 1. The zero-order valence-corrected chi connectivity index (χ0v) is 15.1. The summed E-state index contributed by atoms with van der Waals surface area (Å²) in [6.07, 6.45) is 1.71. The van der Waals surface area contributed by atoms with Gasteiger partial charge < -0.3 is 5.73 Å². The molecule has 5 N–H and O–H groups in total. The number of nitrogens with one attached hydrogen (secondary N) is 1. The van der Waals surface area contributed by atoms with Gasteiger partial charge in [0.15, 0.2) is 11.3 Å². The summed E-state index contributed by atoms with van der Waals surface area (Å²) in [5.74, 6) is -0.0706. The van der Waals surface area contributed by atoms with E-state index in [1.807, 2.05) is 0 Å². The number of sulfonamides is 1. The highest BCUT2D eigenvalue weighted by Crippen LogP contribution is 2.31. The maximum absolute atomic E-state index is 13.1. The van der Waals surface area contributed by atoms with E-state index in [1.54, 1.807) is 22.8 Å². The Morgan fingerprint density at radius 2 is 1.71 bits per heavy atom. The van der Waals surface area contributed by atoms with Crippen LogP contribution in [0.2, 0.25) is 0 Å². The van der Waals surface area contributed by atoms with Gasteiger partial charge in [-0.3, -0.25) is 5.10 Å². The van der Waals surface area contributed by atoms with Gasteiger partial charge in [0.05, 0.1) is 22.5 Å². The van der Waals surface area contributed by atoms with Crippen molar-refractivity contribution < 1.29 is 12.8 Å². The molecular weight excluding hydrogens is 385 g/mol. The molecule has 142 valence electrons. The Hall–Kier alpha value is -3.57. The number of aromatic amines is 1. The minimum absolute atomic E-state index is 0.0211. The average molecular weight is 399 g/mol. The lowest BCUT2D eigenvalue weighted by molar-refractivity contribution is 0.598. The van der Waals surface area contributed by atoms with Crippen molar-refractivity contribution in [2.75, 3.05) is 5.73 Å². The Bertz CT molecular complexity index is 1290. The molecule has 0 bridgehead atoms. The van der Waals surface area contributed by atoms with E-state index in [-0.39, 0.29) is 16.5 Å². The van der Waals surface area contributed by atoms with E-state index in [2.05, 4.69) is 20.3 Å². The van der Waals surface area contributed by atoms with Crippen LogP contribution in [0.1, 0.15) is 0 Å². The molecule has 0 amide bonds. The van der Waals surface area contributed by atoms with Gasteiger partial charge in [-0.2, -0.15) is 5.11 Å². The van der Waals surface area contributed by atoms with Crippen molar-refractivity contribution >= 4 is 32.9 Å². The number of nitrogens with two attached hydrogens (primary N) is 2. The Labute approximate surface area is 158 Å². The molecule has 0 fully saturated rings. The van der Waals surface area contributed by atoms with Crippen molar-refractivity contribution in [3.05, 3.63) is 60.5 Å². The molecule has 0 spiro atoms. The van der Waals surface area contributed by atoms with Gasteiger partial charge in [0.1, 0.15) is 11.6 Å². The summed E-state index contributed by atoms with van der Waals surface area (Å²) < 4.78 is 37.3. The molecule has 11 heteroatoms. The number of nitrogens with zero attached hydrogens (tertiary/aromatic N) is 4. The predicted molar refractivity (Wildman–Crippen MR) is 101 cm³/mol. The number of H-pyrrole nitrogens is 1. The molecule has 2 aromatic heterocycles. The SMILES string of the molecule is Nc1[nH]n2cc(-c3ccc(F)cc3)nc2c1N=Nc1ccc(S(N)(=O)=O)cc1. The van der Waals surface area contributed by atoms with Crippen LogP contribution in [0.15, 0.2) is 69.9 Å². The molecule has 0 aliphatic carbocycles. The van der Waals surface area contributed by atoms with Crippen LogP contribution >= 0.6 is 0 Å². The van der Waals surface area contributed by atoms with E-state index in [1.165, 1.54) is 36.4 Å². The molecular formula is C17H14FN7O2S. The summed E-state index contributed by atoms with van der Waals surface area (Å²) in [6, 6.07) is 11.6. The lowest BCUT2D eigenvalue weighted by atomic mass is 10.2. The highest BCUT2D eigenvalue weighted by atomic mass is 32.2. The van der Waals surface area contributed by atoms with Gasteiger partial charge in [0.2, 0.25) is 10.0 Å². The molecule has 0 saturated carbocycles. The average Bonchev–Trinajstić information content (AvgIpc) is 3.17. The summed E-state index contributed by atoms with van der Waals surface area (Å²) in [7, 11) is -3.77. The molecule has 0 unspecified atom stereocenters. The lowest BCUT2D eigenvalue weighted by Crippen LogP contribution is -2.11. The summed E-state index contributed by atoms with van der Waals surface area (Å²) in [4.78, 5) is 4.45. The normalized spacial score (nSPS) is 12.2. The summed E-state index contributed by atoms with van der Waals surface area (Å²) in [5, 5.41) is 16.2. The molecule has 2 heterocycles. The third-order valence-corrected chi connectivity index (χ3v) is 4.91. The number of hydrogen-bond acceptors (Lipinski definition) is 6. The number of fused-ring (bicyclic) bond motifs is 1. The first-order valence-electron chi connectivity index (χ1n) is 7.98. The summed E-state index contributed by atoms with van der Waals surface area (Å²) >= 11 is 0. The zero-order chi connectivity index (χ0) is 19.9. The largest absolute Gasteiger partial charge is 0.382 e. The molecule has 2 aromatic carbocycles. The van der Waals surface area contributed by atoms with E-state index in [0.717, 1.165) is 5.56 Å². The predicted octanol–water partition coefficient (Wildman–Crippen LogP) is 3.11. The first kappa shape index (κ1) is 17.8. The number of aromatic nitrogens is 3. The highest BCUT2D eigenvalue weighted by Gasteiger charge is 2.14. The summed E-state index contributed by atoms with van der Waals surface area (Å²) in [6.45, 7) is 0. The van der Waals surface area contributed by atoms with Crippen molar-refractivity contribution in [1.29, 1.82) is 0 Å². The minimum atomic E-state index is -3.77. The van der Waals surface area contributed by atoms with Crippen LogP contribution in [0, 0.1) is 5.82 Å². The molecule has 9 nitrogen and oxygen atoms in total. The third kappa shape index (κ3) is 3.35. The van der Waals surface area contributed by atoms with Crippen molar-refractivity contribution in [1.82, 2.24) is 14.6 Å². The molecule has 0 atom stereocenters. The molecule has 0 aliphatic rings. The van der Waals surface area contributed by atoms with Crippen molar-refractivity contribution in [3.8, 4) is 11.3 Å². The standard InChI is InChI=1S/C17H14FN7O2S/c18-11-3-1-10(2-4-11)14-9-25-17(21-14)15(16(19)24-25)23-22-12-5-7-13(8-6-12)28(20,26)27/h1-9,24H,19H2,(H2,20,26,27). The van der Waals surface area contributed by atoms with Crippen molar-refractivity contribution in [2.24, 2.45) is 15.4 Å². The number of halogens is 1. The van der Waals surface area contributed by atoms with Gasteiger partial charge in [-0.25, -0.2) is 27.4 Å². The van der Waals surface area contributed by atoms with Gasteiger partial charge in [-0.05, 0) is 48.5 Å². The summed E-state index contributed by atoms with van der Waals surface area (Å²) in [5.41, 5.74) is 8.46. The van der Waals surface area contributed by atoms with Crippen LogP contribution < -0.4 is 10.9 Å². The number of rotatable bonds is 4. The Kier molecular flexibility index (Phi) is 4.17. The number of imidazole rings is 1. The topological polar surface area (TPSA) is 144 Å². The van der Waals surface area contributed by atoms with Crippen molar-refractivity contribution in [2.45, 2.75) is 4.90 Å². The second kappa shape index (κ2) is 6.55. The Morgan fingerprint density at radius 3 is 2.36 bits per heavy atom. The second-order valence-electron chi connectivity index (χ2n) is 5.94. The van der Waals surface area contributed by atoms with Gasteiger partial charge >= 0.3 is 0 Å². The quantitative estimate of drug-likeness (QED) is 0.453. The van der Waals surface area contributed by atoms with Crippen LogP contribution in [0.5, 0.6) is 0 Å². The number of azo groups is 1. The van der Waals surface area contributed by atoms with Crippen LogP contribution in [0.25, 0.3) is 16.9 Å². The fraction of sp³-hybridized carbons (Fsp3) is 0. The van der Waals surface area contributed by atoms with Crippen LogP contribution in [-0.2, 0) is 10.0 Å². The fourth-order valence-corrected chi connectivity index (χ4v) is 3.12. The first-order valence-corrected chi connectivity index (χ1v) is 9.53. The van der Waals surface area contributed by atoms with Crippen LogP contribution in [0.4, 0.5) is 21.6 Å². The molecule has 4 aromatic rings. The monoisotopic (exact) mass is 399 g/mol. The van der Waals surface area contributed by atoms with E-state index in [0.29, 0.717) is 22.7 Å². The molecule has 4 rings (SSSR count). The maximum atomic E-state index is 13.1.